The predicted octanol–water partition coefficient (Wildman–Crippen LogP) is 1.56. The fourth-order valence-electron chi connectivity index (χ4n) is 2.56. The summed E-state index contributed by atoms with van der Waals surface area (Å²) in [4.78, 5) is 26.3. The van der Waals surface area contributed by atoms with E-state index in [9.17, 15) is 4.79 Å². The van der Waals surface area contributed by atoms with Gasteiger partial charge in [0.2, 0.25) is 5.88 Å². The molecule has 1 aliphatic heterocycles. The summed E-state index contributed by atoms with van der Waals surface area (Å²) in [5.74, 6) is 0.459. The molecule has 7 nitrogen and oxygen atoms in total. The lowest BCUT2D eigenvalue weighted by Gasteiger charge is -2.32. The molecule has 0 saturated carbocycles. The molecule has 1 atom stereocenters. The minimum atomic E-state index is -0.0888. The number of nitrogens with zero attached hydrogens (tertiary/aromatic N) is 4. The van der Waals surface area contributed by atoms with Crippen molar-refractivity contribution in [2.45, 2.75) is 18.9 Å². The molecular formula is C16H18N4O3. The molecular weight excluding hydrogens is 296 g/mol. The maximum absolute atomic E-state index is 12.5. The number of piperidine rings is 1. The zero-order valence-electron chi connectivity index (χ0n) is 12.9. The SMILES string of the molecule is COc1nccc(OC2CCCN(C(=O)c3ccncc3)C2)n1. The number of carbonyl (C=O) groups excluding carboxylic acids is 1. The Kier molecular flexibility index (Phi) is 4.65. The molecule has 1 amide bonds. The van der Waals surface area contributed by atoms with Gasteiger partial charge < -0.3 is 14.4 Å². The van der Waals surface area contributed by atoms with Crippen LogP contribution >= 0.6 is 0 Å². The number of amides is 1. The van der Waals surface area contributed by atoms with Crippen molar-refractivity contribution >= 4 is 5.91 Å². The number of pyridine rings is 1. The molecule has 1 saturated heterocycles. The Bertz CT molecular complexity index is 665. The van der Waals surface area contributed by atoms with Crippen LogP contribution in [0.1, 0.15) is 23.2 Å². The highest BCUT2D eigenvalue weighted by Gasteiger charge is 2.26. The van der Waals surface area contributed by atoms with E-state index in [0.29, 0.717) is 18.0 Å². The van der Waals surface area contributed by atoms with E-state index in [1.807, 2.05) is 4.90 Å². The van der Waals surface area contributed by atoms with Crippen LogP contribution in [0, 0.1) is 0 Å². The summed E-state index contributed by atoms with van der Waals surface area (Å²) in [6.45, 7) is 1.27. The third-order valence-electron chi connectivity index (χ3n) is 3.67. The van der Waals surface area contributed by atoms with Gasteiger partial charge in [-0.15, -0.1) is 0 Å². The first kappa shape index (κ1) is 15.2. The van der Waals surface area contributed by atoms with Crippen LogP contribution < -0.4 is 9.47 Å². The summed E-state index contributed by atoms with van der Waals surface area (Å²) in [7, 11) is 1.51. The lowest BCUT2D eigenvalue weighted by atomic mass is 10.1. The van der Waals surface area contributed by atoms with E-state index in [1.54, 1.807) is 36.8 Å². The first-order valence-electron chi connectivity index (χ1n) is 7.49. The van der Waals surface area contributed by atoms with Crippen molar-refractivity contribution in [3.63, 3.8) is 0 Å². The van der Waals surface area contributed by atoms with E-state index in [2.05, 4.69) is 15.0 Å². The molecule has 1 fully saturated rings. The molecule has 23 heavy (non-hydrogen) atoms. The van der Waals surface area contributed by atoms with Crippen LogP contribution in [-0.2, 0) is 0 Å². The van der Waals surface area contributed by atoms with Crippen molar-refractivity contribution in [2.75, 3.05) is 20.2 Å². The Hall–Kier alpha value is -2.70. The lowest BCUT2D eigenvalue weighted by Crippen LogP contribution is -2.44. The monoisotopic (exact) mass is 314 g/mol. The Morgan fingerprint density at radius 1 is 1.26 bits per heavy atom. The molecule has 0 spiro atoms. The molecule has 120 valence electrons. The second-order valence-electron chi connectivity index (χ2n) is 5.25. The molecule has 0 N–H and O–H groups in total. The van der Waals surface area contributed by atoms with Crippen LogP contribution in [0.4, 0.5) is 0 Å². The Morgan fingerprint density at radius 2 is 2.09 bits per heavy atom. The summed E-state index contributed by atoms with van der Waals surface area (Å²) in [5.41, 5.74) is 0.643. The second kappa shape index (κ2) is 7.04. The molecule has 2 aromatic rings. The van der Waals surface area contributed by atoms with Crippen molar-refractivity contribution in [2.24, 2.45) is 0 Å². The van der Waals surface area contributed by atoms with Crippen LogP contribution in [0.25, 0.3) is 0 Å². The van der Waals surface area contributed by atoms with Crippen molar-refractivity contribution in [1.82, 2.24) is 19.9 Å². The normalized spacial score (nSPS) is 17.6. The van der Waals surface area contributed by atoms with Gasteiger partial charge in [0.05, 0.1) is 13.7 Å². The first-order valence-corrected chi connectivity index (χ1v) is 7.49. The van der Waals surface area contributed by atoms with E-state index in [0.717, 1.165) is 19.4 Å². The van der Waals surface area contributed by atoms with E-state index in [1.165, 1.54) is 7.11 Å². The number of hydrogen-bond acceptors (Lipinski definition) is 6. The molecule has 0 aromatic carbocycles. The minimum Gasteiger partial charge on any atom is -0.472 e. The smallest absolute Gasteiger partial charge is 0.319 e. The van der Waals surface area contributed by atoms with Gasteiger partial charge in [0, 0.05) is 36.8 Å². The molecule has 0 aliphatic carbocycles. The highest BCUT2D eigenvalue weighted by Crippen LogP contribution is 2.19. The standard InChI is InChI=1S/C16H18N4O3/c1-22-16-18-9-6-14(19-16)23-13-3-2-10-20(11-13)15(21)12-4-7-17-8-5-12/h4-9,13H,2-3,10-11H2,1H3. The molecule has 3 rings (SSSR count). The van der Waals surface area contributed by atoms with Crippen LogP contribution in [-0.4, -0.2) is 52.1 Å². The molecule has 0 radical (unpaired) electrons. The van der Waals surface area contributed by atoms with Gasteiger partial charge in [0.1, 0.15) is 6.10 Å². The molecule has 7 heteroatoms. The second-order valence-corrected chi connectivity index (χ2v) is 5.25. The van der Waals surface area contributed by atoms with Gasteiger partial charge in [-0.2, -0.15) is 4.98 Å². The van der Waals surface area contributed by atoms with E-state index in [4.69, 9.17) is 9.47 Å². The van der Waals surface area contributed by atoms with Crippen LogP contribution in [0.2, 0.25) is 0 Å². The van der Waals surface area contributed by atoms with Gasteiger partial charge in [-0.3, -0.25) is 9.78 Å². The van der Waals surface area contributed by atoms with Crippen molar-refractivity contribution in [3.8, 4) is 11.9 Å². The van der Waals surface area contributed by atoms with Crippen molar-refractivity contribution < 1.29 is 14.3 Å². The fourth-order valence-corrected chi connectivity index (χ4v) is 2.56. The number of aromatic nitrogens is 3. The van der Waals surface area contributed by atoms with Crippen molar-refractivity contribution in [1.29, 1.82) is 0 Å². The average Bonchev–Trinajstić information content (AvgIpc) is 2.62. The van der Waals surface area contributed by atoms with Crippen molar-refractivity contribution in [3.05, 3.63) is 42.4 Å². The first-order chi connectivity index (χ1) is 11.3. The zero-order valence-corrected chi connectivity index (χ0v) is 12.9. The minimum absolute atomic E-state index is 0.000896. The highest BCUT2D eigenvalue weighted by atomic mass is 16.5. The van der Waals surface area contributed by atoms with Gasteiger partial charge in [-0.25, -0.2) is 4.98 Å². The predicted molar refractivity (Wildman–Crippen MR) is 82.4 cm³/mol. The number of carbonyl (C=O) groups is 1. The summed E-state index contributed by atoms with van der Waals surface area (Å²) in [5, 5.41) is 0. The van der Waals surface area contributed by atoms with Gasteiger partial charge in [-0.1, -0.05) is 0 Å². The number of rotatable bonds is 4. The van der Waals surface area contributed by atoms with Crippen LogP contribution in [0.3, 0.4) is 0 Å². The van der Waals surface area contributed by atoms with Crippen LogP contribution in [0.5, 0.6) is 11.9 Å². The number of likely N-dealkylation sites (tertiary alicyclic amines) is 1. The van der Waals surface area contributed by atoms with Gasteiger partial charge in [-0.05, 0) is 25.0 Å². The van der Waals surface area contributed by atoms with Gasteiger partial charge in [0.25, 0.3) is 5.91 Å². The number of hydrogen-bond donors (Lipinski definition) is 0. The average molecular weight is 314 g/mol. The molecule has 0 bridgehead atoms. The third-order valence-corrected chi connectivity index (χ3v) is 3.67. The van der Waals surface area contributed by atoms with E-state index >= 15 is 0 Å². The third kappa shape index (κ3) is 3.74. The Morgan fingerprint density at radius 3 is 2.87 bits per heavy atom. The molecule has 3 heterocycles. The highest BCUT2D eigenvalue weighted by molar-refractivity contribution is 5.94. The molecule has 2 aromatic heterocycles. The summed E-state index contributed by atoms with van der Waals surface area (Å²) in [6, 6.07) is 5.40. The quantitative estimate of drug-likeness (QED) is 0.852. The zero-order chi connectivity index (χ0) is 16.1. The Labute approximate surface area is 134 Å². The number of methoxy groups -OCH3 is 1. The summed E-state index contributed by atoms with van der Waals surface area (Å²) < 4.78 is 10.9. The maximum atomic E-state index is 12.5. The topological polar surface area (TPSA) is 77.4 Å². The lowest BCUT2D eigenvalue weighted by molar-refractivity contribution is 0.0525. The van der Waals surface area contributed by atoms with Gasteiger partial charge in [0.15, 0.2) is 0 Å². The number of ether oxygens (including phenoxy) is 2. The summed E-state index contributed by atoms with van der Waals surface area (Å²) >= 11 is 0. The maximum Gasteiger partial charge on any atom is 0.319 e. The summed E-state index contributed by atoms with van der Waals surface area (Å²) in [6.07, 6.45) is 6.52. The van der Waals surface area contributed by atoms with Crippen LogP contribution in [0.15, 0.2) is 36.8 Å². The molecule has 1 unspecified atom stereocenters. The fraction of sp³-hybridized carbons (Fsp3) is 0.375. The van der Waals surface area contributed by atoms with E-state index < -0.39 is 0 Å². The Balaban J connectivity index is 1.65. The molecule has 1 aliphatic rings. The van der Waals surface area contributed by atoms with E-state index in [-0.39, 0.29) is 18.0 Å². The van der Waals surface area contributed by atoms with Gasteiger partial charge >= 0.3 is 6.01 Å². The largest absolute Gasteiger partial charge is 0.472 e.